The Morgan fingerprint density at radius 3 is 2.85 bits per heavy atom. The van der Waals surface area contributed by atoms with Gasteiger partial charge in [-0.2, -0.15) is 5.10 Å². The smallest absolute Gasteiger partial charge is 0.146 e. The van der Waals surface area contributed by atoms with E-state index in [2.05, 4.69) is 20.4 Å². The number of pyridine rings is 1. The second-order valence-corrected chi connectivity index (χ2v) is 4.93. The van der Waals surface area contributed by atoms with Crippen LogP contribution in [0.4, 0.5) is 4.39 Å². The molecule has 0 aromatic carbocycles. The van der Waals surface area contributed by atoms with Crippen molar-refractivity contribution in [3.8, 4) is 0 Å². The Kier molecular flexibility index (Phi) is 4.79. The van der Waals surface area contributed by atoms with Crippen molar-refractivity contribution in [1.29, 1.82) is 0 Å². The Morgan fingerprint density at radius 1 is 1.40 bits per heavy atom. The van der Waals surface area contributed by atoms with Gasteiger partial charge in [0.1, 0.15) is 18.0 Å². The Balaban J connectivity index is 2.26. The standard InChI is InChI=1S/C14H20FN5/c1-4-17-13(11-5-6-16-8-12(11)15)7-14-18-9-19-20(14)10(2)3/h5-6,8-10,13,17H,4,7H2,1-3H3. The van der Waals surface area contributed by atoms with Crippen LogP contribution in [0.2, 0.25) is 0 Å². The maximum absolute atomic E-state index is 13.9. The lowest BCUT2D eigenvalue weighted by atomic mass is 10.0. The van der Waals surface area contributed by atoms with Crippen LogP contribution in [0.15, 0.2) is 24.8 Å². The molecule has 0 fully saturated rings. The van der Waals surface area contributed by atoms with E-state index >= 15 is 0 Å². The summed E-state index contributed by atoms with van der Waals surface area (Å²) in [5, 5.41) is 7.51. The van der Waals surface area contributed by atoms with Gasteiger partial charge in [0, 0.05) is 30.3 Å². The number of nitrogens with one attached hydrogen (secondary N) is 1. The molecule has 2 rings (SSSR count). The number of halogens is 1. The van der Waals surface area contributed by atoms with Crippen LogP contribution >= 0.6 is 0 Å². The van der Waals surface area contributed by atoms with Crippen molar-refractivity contribution in [3.05, 3.63) is 42.0 Å². The van der Waals surface area contributed by atoms with E-state index in [0.717, 1.165) is 12.4 Å². The van der Waals surface area contributed by atoms with E-state index in [1.807, 2.05) is 25.5 Å². The van der Waals surface area contributed by atoms with Gasteiger partial charge < -0.3 is 5.32 Å². The predicted molar refractivity (Wildman–Crippen MR) is 74.7 cm³/mol. The van der Waals surface area contributed by atoms with Crippen molar-refractivity contribution in [2.45, 2.75) is 39.3 Å². The minimum Gasteiger partial charge on any atom is -0.310 e. The predicted octanol–water partition coefficient (Wildman–Crippen LogP) is 2.29. The van der Waals surface area contributed by atoms with Crippen LogP contribution in [0.1, 0.15) is 44.2 Å². The average molecular weight is 277 g/mol. The molecule has 20 heavy (non-hydrogen) atoms. The number of likely N-dealkylation sites (N-methyl/N-ethyl adjacent to an activating group) is 1. The van der Waals surface area contributed by atoms with E-state index in [1.165, 1.54) is 6.20 Å². The summed E-state index contributed by atoms with van der Waals surface area (Å²) in [5.74, 6) is 0.552. The lowest BCUT2D eigenvalue weighted by Gasteiger charge is -2.19. The summed E-state index contributed by atoms with van der Waals surface area (Å²) in [7, 11) is 0. The van der Waals surface area contributed by atoms with Gasteiger partial charge in [0.25, 0.3) is 0 Å². The number of aromatic nitrogens is 4. The molecule has 0 aliphatic rings. The number of rotatable bonds is 6. The second-order valence-electron chi connectivity index (χ2n) is 4.93. The fourth-order valence-electron chi connectivity index (χ4n) is 2.24. The van der Waals surface area contributed by atoms with Gasteiger partial charge in [-0.1, -0.05) is 6.92 Å². The normalized spacial score (nSPS) is 12.8. The first-order chi connectivity index (χ1) is 9.63. The highest BCUT2D eigenvalue weighted by atomic mass is 19.1. The summed E-state index contributed by atoms with van der Waals surface area (Å²) >= 11 is 0. The van der Waals surface area contributed by atoms with Gasteiger partial charge in [-0.05, 0) is 26.5 Å². The van der Waals surface area contributed by atoms with Crippen LogP contribution in [-0.2, 0) is 6.42 Å². The molecule has 0 aliphatic heterocycles. The third-order valence-corrected chi connectivity index (χ3v) is 3.15. The van der Waals surface area contributed by atoms with Gasteiger partial charge in [0.05, 0.1) is 6.20 Å². The van der Waals surface area contributed by atoms with Crippen LogP contribution in [0.25, 0.3) is 0 Å². The minimum absolute atomic E-state index is 0.135. The molecule has 0 bridgehead atoms. The zero-order chi connectivity index (χ0) is 14.5. The molecular formula is C14H20FN5. The molecule has 0 spiro atoms. The fourth-order valence-corrected chi connectivity index (χ4v) is 2.24. The average Bonchev–Trinajstić information content (AvgIpc) is 2.87. The molecule has 2 heterocycles. The lowest BCUT2D eigenvalue weighted by Crippen LogP contribution is -2.25. The molecule has 0 saturated carbocycles. The Morgan fingerprint density at radius 2 is 2.20 bits per heavy atom. The van der Waals surface area contributed by atoms with Gasteiger partial charge >= 0.3 is 0 Å². The van der Waals surface area contributed by atoms with Crippen LogP contribution in [0.5, 0.6) is 0 Å². The Bertz CT molecular complexity index is 552. The van der Waals surface area contributed by atoms with E-state index in [1.54, 1.807) is 18.6 Å². The van der Waals surface area contributed by atoms with Crippen LogP contribution in [0.3, 0.4) is 0 Å². The van der Waals surface area contributed by atoms with E-state index in [4.69, 9.17) is 0 Å². The second kappa shape index (κ2) is 6.56. The van der Waals surface area contributed by atoms with E-state index in [9.17, 15) is 4.39 Å². The van der Waals surface area contributed by atoms with Gasteiger partial charge in [0.15, 0.2) is 0 Å². The highest BCUT2D eigenvalue weighted by molar-refractivity contribution is 5.19. The number of hydrogen-bond donors (Lipinski definition) is 1. The minimum atomic E-state index is -0.297. The van der Waals surface area contributed by atoms with Crippen LogP contribution in [0, 0.1) is 5.82 Å². The van der Waals surface area contributed by atoms with E-state index in [-0.39, 0.29) is 17.9 Å². The highest BCUT2D eigenvalue weighted by Gasteiger charge is 2.19. The third kappa shape index (κ3) is 3.19. The van der Waals surface area contributed by atoms with Gasteiger partial charge in [-0.25, -0.2) is 14.1 Å². The zero-order valence-corrected chi connectivity index (χ0v) is 12.0. The van der Waals surface area contributed by atoms with Crippen molar-refractivity contribution >= 4 is 0 Å². The van der Waals surface area contributed by atoms with E-state index < -0.39 is 0 Å². The van der Waals surface area contributed by atoms with Crippen molar-refractivity contribution < 1.29 is 4.39 Å². The van der Waals surface area contributed by atoms with Crippen molar-refractivity contribution in [1.82, 2.24) is 25.1 Å². The van der Waals surface area contributed by atoms with Crippen LogP contribution in [-0.4, -0.2) is 26.3 Å². The monoisotopic (exact) mass is 277 g/mol. The summed E-state index contributed by atoms with van der Waals surface area (Å²) in [6.07, 6.45) is 4.98. The molecule has 1 unspecified atom stereocenters. The Hall–Kier alpha value is -1.82. The summed E-state index contributed by atoms with van der Waals surface area (Å²) in [6.45, 7) is 6.85. The molecule has 5 nitrogen and oxygen atoms in total. The quantitative estimate of drug-likeness (QED) is 0.880. The number of hydrogen-bond acceptors (Lipinski definition) is 4. The third-order valence-electron chi connectivity index (χ3n) is 3.15. The molecule has 0 radical (unpaired) electrons. The molecule has 0 amide bonds. The highest BCUT2D eigenvalue weighted by Crippen LogP contribution is 2.20. The molecule has 2 aromatic heterocycles. The van der Waals surface area contributed by atoms with Gasteiger partial charge in [-0.15, -0.1) is 0 Å². The van der Waals surface area contributed by atoms with Crippen molar-refractivity contribution in [2.75, 3.05) is 6.54 Å². The Labute approximate surface area is 118 Å². The fraction of sp³-hybridized carbons (Fsp3) is 0.500. The molecule has 1 atom stereocenters. The summed E-state index contributed by atoms with van der Waals surface area (Å²) in [6, 6.07) is 1.81. The summed E-state index contributed by atoms with van der Waals surface area (Å²) in [5.41, 5.74) is 0.611. The van der Waals surface area contributed by atoms with Crippen molar-refractivity contribution in [3.63, 3.8) is 0 Å². The first-order valence-corrected chi connectivity index (χ1v) is 6.84. The SMILES string of the molecule is CCNC(Cc1ncnn1C(C)C)c1ccncc1F. The molecule has 1 N–H and O–H groups in total. The van der Waals surface area contributed by atoms with Crippen LogP contribution < -0.4 is 5.32 Å². The molecular weight excluding hydrogens is 257 g/mol. The van der Waals surface area contributed by atoms with Crippen molar-refractivity contribution in [2.24, 2.45) is 0 Å². The molecule has 2 aromatic rings. The molecule has 0 saturated heterocycles. The van der Waals surface area contributed by atoms with Gasteiger partial charge in [0.2, 0.25) is 0 Å². The number of nitrogens with zero attached hydrogens (tertiary/aromatic N) is 4. The van der Waals surface area contributed by atoms with Gasteiger partial charge in [-0.3, -0.25) is 4.98 Å². The largest absolute Gasteiger partial charge is 0.310 e. The van der Waals surface area contributed by atoms with E-state index in [0.29, 0.717) is 12.0 Å². The first-order valence-electron chi connectivity index (χ1n) is 6.84. The summed E-state index contributed by atoms with van der Waals surface area (Å²) in [4.78, 5) is 8.08. The maximum Gasteiger partial charge on any atom is 0.146 e. The molecule has 0 aliphatic carbocycles. The lowest BCUT2D eigenvalue weighted by molar-refractivity contribution is 0.457. The first kappa shape index (κ1) is 14.6. The topological polar surface area (TPSA) is 55.6 Å². The zero-order valence-electron chi connectivity index (χ0n) is 12.0. The summed E-state index contributed by atoms with van der Waals surface area (Å²) < 4.78 is 15.8. The maximum atomic E-state index is 13.9. The molecule has 6 heteroatoms. The molecule has 108 valence electrons.